The van der Waals surface area contributed by atoms with Crippen molar-refractivity contribution < 1.29 is 26.5 Å². The molecule has 0 N–H and O–H groups in total. The number of rotatable bonds is 11. The number of carbonyl (C=O) groups is 1. The van der Waals surface area contributed by atoms with E-state index in [4.69, 9.17) is 8.92 Å². The molecule has 31 heavy (non-hydrogen) atoms. The molecule has 9 heteroatoms. The second kappa shape index (κ2) is 11.1. The van der Waals surface area contributed by atoms with E-state index in [1.54, 1.807) is 24.3 Å². The van der Waals surface area contributed by atoms with Crippen molar-refractivity contribution in [3.05, 3.63) is 59.4 Å². The summed E-state index contributed by atoms with van der Waals surface area (Å²) < 4.78 is 47.2. The van der Waals surface area contributed by atoms with Crippen LogP contribution in [0.1, 0.15) is 25.0 Å². The maximum atomic E-state index is 13.2. The second-order valence-electron chi connectivity index (χ2n) is 7.06. The summed E-state index contributed by atoms with van der Waals surface area (Å²) in [6, 6.07) is 11.1. The fourth-order valence-electron chi connectivity index (χ4n) is 3.16. The van der Waals surface area contributed by atoms with Crippen molar-refractivity contribution in [3.63, 3.8) is 0 Å². The highest BCUT2D eigenvalue weighted by molar-refractivity contribution is 7.86. The first kappa shape index (κ1) is 24.6. The van der Waals surface area contributed by atoms with E-state index in [1.807, 2.05) is 19.9 Å². The smallest absolute Gasteiger partial charge is 0.306 e. The van der Waals surface area contributed by atoms with E-state index in [2.05, 4.69) is 4.90 Å². The topological polar surface area (TPSA) is 76.2 Å². The summed E-state index contributed by atoms with van der Waals surface area (Å²) >= 11 is 0. The summed E-state index contributed by atoms with van der Waals surface area (Å²) in [4.78, 5) is 16.2. The lowest BCUT2D eigenvalue weighted by molar-refractivity contribution is -0.136. The van der Waals surface area contributed by atoms with Crippen LogP contribution < -0.4 is 9.08 Å². The summed E-state index contributed by atoms with van der Waals surface area (Å²) in [5.74, 6) is -0.486. The molecule has 0 atom stereocenters. The van der Waals surface area contributed by atoms with Crippen molar-refractivity contribution in [1.29, 1.82) is 0 Å². The van der Waals surface area contributed by atoms with Gasteiger partial charge in [-0.05, 0) is 37.6 Å². The van der Waals surface area contributed by atoms with Crippen LogP contribution >= 0.6 is 0 Å². The van der Waals surface area contributed by atoms with Crippen molar-refractivity contribution in [2.24, 2.45) is 0 Å². The van der Waals surface area contributed by atoms with Gasteiger partial charge in [-0.3, -0.25) is 4.79 Å². The van der Waals surface area contributed by atoms with Gasteiger partial charge in [-0.1, -0.05) is 18.2 Å². The highest BCUT2D eigenvalue weighted by Gasteiger charge is 2.19. The number of hydrogen-bond donors (Lipinski definition) is 0. The standard InChI is InChI=1S/C22H29FN2O5S/c1-5-24(6-2)20-12-9-18(21(13-20)30-31(4,27)28)15-25(22(26)16-29-3)14-17-7-10-19(23)11-8-17/h7-13H,5-6,14-16H2,1-4H3. The SMILES string of the molecule is CCN(CC)c1ccc(CN(Cc2ccc(F)cc2)C(=O)COC)c(OS(C)(=O)=O)c1. The highest BCUT2D eigenvalue weighted by Crippen LogP contribution is 2.28. The second-order valence-corrected chi connectivity index (χ2v) is 8.64. The van der Waals surface area contributed by atoms with E-state index in [0.717, 1.165) is 30.6 Å². The molecular formula is C22H29FN2O5S. The molecule has 2 aromatic rings. The molecular weight excluding hydrogens is 423 g/mol. The first-order chi connectivity index (χ1) is 14.7. The number of hydrogen-bond acceptors (Lipinski definition) is 6. The number of ether oxygens (including phenoxy) is 1. The van der Waals surface area contributed by atoms with Gasteiger partial charge in [-0.2, -0.15) is 8.42 Å². The average Bonchev–Trinajstić information content (AvgIpc) is 2.70. The van der Waals surface area contributed by atoms with Gasteiger partial charge < -0.3 is 18.7 Å². The van der Waals surface area contributed by atoms with E-state index in [1.165, 1.54) is 24.1 Å². The third-order valence-electron chi connectivity index (χ3n) is 4.69. The Hall–Kier alpha value is -2.65. The molecule has 0 aliphatic heterocycles. The Labute approximate surface area is 183 Å². The number of anilines is 1. The average molecular weight is 453 g/mol. The Balaban J connectivity index is 2.40. The van der Waals surface area contributed by atoms with Gasteiger partial charge in [-0.25, -0.2) is 4.39 Å². The Bertz CT molecular complexity index is 976. The molecule has 170 valence electrons. The zero-order chi connectivity index (χ0) is 23.0. The van der Waals surface area contributed by atoms with E-state index < -0.39 is 10.1 Å². The van der Waals surface area contributed by atoms with Gasteiger partial charge in [0.15, 0.2) is 0 Å². The van der Waals surface area contributed by atoms with Crippen LogP contribution in [0.25, 0.3) is 0 Å². The molecule has 0 unspecified atom stereocenters. The zero-order valence-corrected chi connectivity index (χ0v) is 19.1. The molecule has 0 fully saturated rings. The summed E-state index contributed by atoms with van der Waals surface area (Å²) in [5.41, 5.74) is 2.09. The lowest BCUT2D eigenvalue weighted by atomic mass is 10.1. The molecule has 0 aliphatic rings. The lowest BCUT2D eigenvalue weighted by Gasteiger charge is -2.26. The Morgan fingerprint density at radius 1 is 1.03 bits per heavy atom. The number of amides is 1. The molecule has 7 nitrogen and oxygen atoms in total. The van der Waals surface area contributed by atoms with Crippen molar-refractivity contribution in [2.75, 3.05) is 38.0 Å². The van der Waals surface area contributed by atoms with Crippen LogP contribution in [0.4, 0.5) is 10.1 Å². The van der Waals surface area contributed by atoms with E-state index >= 15 is 0 Å². The third kappa shape index (κ3) is 7.52. The van der Waals surface area contributed by atoms with Crippen LogP contribution in [0.5, 0.6) is 5.75 Å². The molecule has 0 radical (unpaired) electrons. The zero-order valence-electron chi connectivity index (χ0n) is 18.3. The quantitative estimate of drug-likeness (QED) is 0.488. The Kier molecular flexibility index (Phi) is 8.82. The first-order valence-electron chi connectivity index (χ1n) is 9.95. The van der Waals surface area contributed by atoms with E-state index in [9.17, 15) is 17.6 Å². The van der Waals surface area contributed by atoms with E-state index in [-0.39, 0.29) is 37.2 Å². The van der Waals surface area contributed by atoms with Gasteiger partial charge in [0.2, 0.25) is 5.91 Å². The van der Waals surface area contributed by atoms with Crippen LogP contribution in [0.2, 0.25) is 0 Å². The fourth-order valence-corrected chi connectivity index (χ4v) is 3.64. The number of methoxy groups -OCH3 is 1. The van der Waals surface area contributed by atoms with Crippen LogP contribution in [0.3, 0.4) is 0 Å². The molecule has 0 aromatic heterocycles. The first-order valence-corrected chi connectivity index (χ1v) is 11.8. The predicted octanol–water partition coefficient (Wildman–Crippen LogP) is 3.19. The normalized spacial score (nSPS) is 11.3. The molecule has 2 aromatic carbocycles. The predicted molar refractivity (Wildman–Crippen MR) is 118 cm³/mol. The fraction of sp³-hybridized carbons (Fsp3) is 0.409. The molecule has 0 spiro atoms. The van der Waals surface area contributed by atoms with Crippen LogP contribution in [-0.4, -0.2) is 52.3 Å². The monoisotopic (exact) mass is 452 g/mol. The minimum atomic E-state index is -3.77. The van der Waals surface area contributed by atoms with Gasteiger partial charge in [0.25, 0.3) is 0 Å². The molecule has 1 amide bonds. The van der Waals surface area contributed by atoms with Crippen LogP contribution in [0, 0.1) is 5.82 Å². The van der Waals surface area contributed by atoms with Gasteiger partial charge >= 0.3 is 10.1 Å². The van der Waals surface area contributed by atoms with E-state index in [0.29, 0.717) is 5.56 Å². The Morgan fingerprint density at radius 3 is 2.23 bits per heavy atom. The number of nitrogens with zero attached hydrogens (tertiary/aromatic N) is 2. The van der Waals surface area contributed by atoms with Crippen LogP contribution in [0.15, 0.2) is 42.5 Å². The lowest BCUT2D eigenvalue weighted by Crippen LogP contribution is -2.33. The highest BCUT2D eigenvalue weighted by atomic mass is 32.2. The van der Waals surface area contributed by atoms with Gasteiger partial charge in [-0.15, -0.1) is 0 Å². The summed E-state index contributed by atoms with van der Waals surface area (Å²) in [5, 5.41) is 0. The number of halogens is 1. The van der Waals surface area contributed by atoms with Gasteiger partial charge in [0.1, 0.15) is 18.2 Å². The number of benzene rings is 2. The summed E-state index contributed by atoms with van der Waals surface area (Å²) in [6.07, 6.45) is 0.979. The van der Waals surface area contributed by atoms with Crippen LogP contribution in [-0.2, 0) is 32.7 Å². The molecule has 0 heterocycles. The third-order valence-corrected chi connectivity index (χ3v) is 5.17. The minimum Gasteiger partial charge on any atom is -0.382 e. The summed E-state index contributed by atoms with van der Waals surface area (Å²) in [6.45, 7) is 5.67. The molecule has 2 rings (SSSR count). The maximum absolute atomic E-state index is 13.2. The minimum absolute atomic E-state index is 0.100. The van der Waals surface area contributed by atoms with Gasteiger partial charge in [0, 0.05) is 50.6 Å². The Morgan fingerprint density at radius 2 is 1.68 bits per heavy atom. The van der Waals surface area contributed by atoms with Crippen molar-refractivity contribution in [3.8, 4) is 5.75 Å². The van der Waals surface area contributed by atoms with Crippen molar-refractivity contribution >= 4 is 21.7 Å². The molecule has 0 bridgehead atoms. The largest absolute Gasteiger partial charge is 0.382 e. The van der Waals surface area contributed by atoms with Crippen molar-refractivity contribution in [2.45, 2.75) is 26.9 Å². The molecule has 0 saturated heterocycles. The van der Waals surface area contributed by atoms with Gasteiger partial charge in [0.05, 0.1) is 6.26 Å². The molecule has 0 aliphatic carbocycles. The van der Waals surface area contributed by atoms with Crippen molar-refractivity contribution in [1.82, 2.24) is 4.90 Å². The number of carbonyl (C=O) groups excluding carboxylic acids is 1. The molecule has 0 saturated carbocycles. The summed E-state index contributed by atoms with van der Waals surface area (Å²) in [7, 11) is -2.35. The maximum Gasteiger partial charge on any atom is 0.306 e.